The van der Waals surface area contributed by atoms with E-state index in [9.17, 15) is 19.7 Å². The van der Waals surface area contributed by atoms with Gasteiger partial charge < -0.3 is 19.9 Å². The summed E-state index contributed by atoms with van der Waals surface area (Å²) in [6, 6.07) is 11.2. The molecule has 0 saturated carbocycles. The predicted octanol–water partition coefficient (Wildman–Crippen LogP) is 2.54. The van der Waals surface area contributed by atoms with E-state index in [0.717, 1.165) is 17.5 Å². The second-order valence-electron chi connectivity index (χ2n) is 6.33. The fourth-order valence-electron chi connectivity index (χ4n) is 3.08. The third-order valence-electron chi connectivity index (χ3n) is 4.60. The molecule has 1 aliphatic rings. The van der Waals surface area contributed by atoms with Crippen molar-refractivity contribution in [2.45, 2.75) is 0 Å². The molecule has 1 heterocycles. The number of amides is 2. The Morgan fingerprint density at radius 2 is 1.83 bits per heavy atom. The number of rotatable bonds is 4. The normalized spacial score (nSPS) is 13.7. The van der Waals surface area contributed by atoms with E-state index < -0.39 is 16.7 Å². The quantitative estimate of drug-likeness (QED) is 0.464. The van der Waals surface area contributed by atoms with E-state index in [1.807, 2.05) is 24.3 Å². The zero-order valence-corrected chi connectivity index (χ0v) is 16.4. The third-order valence-corrected chi connectivity index (χ3v) is 4.93. The Balaban J connectivity index is 1.63. The van der Waals surface area contributed by atoms with Crippen molar-refractivity contribution in [1.82, 2.24) is 4.90 Å². The Hall–Kier alpha value is -3.33. The fourth-order valence-corrected chi connectivity index (χ4v) is 3.25. The molecule has 29 heavy (non-hydrogen) atoms. The summed E-state index contributed by atoms with van der Waals surface area (Å²) in [6.07, 6.45) is 0. The number of non-ortho nitro benzene ring substituents is 1. The highest BCUT2D eigenvalue weighted by molar-refractivity contribution is 6.41. The Morgan fingerprint density at radius 1 is 1.14 bits per heavy atom. The third kappa shape index (κ3) is 4.57. The van der Waals surface area contributed by atoms with Crippen molar-refractivity contribution in [3.05, 3.63) is 57.6 Å². The minimum Gasteiger partial charge on any atom is -0.495 e. The van der Waals surface area contributed by atoms with Gasteiger partial charge in [-0.15, -0.1) is 0 Å². The average molecular weight is 419 g/mol. The van der Waals surface area contributed by atoms with E-state index in [0.29, 0.717) is 26.2 Å². The summed E-state index contributed by atoms with van der Waals surface area (Å²) in [7, 11) is 1.60. The number of halogens is 1. The molecule has 152 valence electrons. The molecule has 1 fully saturated rings. The SMILES string of the molecule is COc1ccccc1N1CCN(C(=O)C(=O)Nc2cc([N+](=O)[O-])ccc2Cl)CC1. The number of ether oxygens (including phenoxy) is 1. The number of nitro groups is 1. The number of nitro benzene ring substituents is 1. The van der Waals surface area contributed by atoms with Crippen LogP contribution in [0.2, 0.25) is 5.02 Å². The molecule has 1 saturated heterocycles. The van der Waals surface area contributed by atoms with Gasteiger partial charge in [-0.3, -0.25) is 19.7 Å². The van der Waals surface area contributed by atoms with E-state index in [1.54, 1.807) is 7.11 Å². The van der Waals surface area contributed by atoms with E-state index in [-0.39, 0.29) is 16.4 Å². The molecule has 0 spiro atoms. The van der Waals surface area contributed by atoms with Gasteiger partial charge in [-0.25, -0.2) is 0 Å². The number of methoxy groups -OCH3 is 1. The summed E-state index contributed by atoms with van der Waals surface area (Å²) in [5.41, 5.74) is 0.712. The minimum absolute atomic E-state index is 0.0203. The lowest BCUT2D eigenvalue weighted by Crippen LogP contribution is -2.51. The summed E-state index contributed by atoms with van der Waals surface area (Å²) < 4.78 is 5.37. The van der Waals surface area contributed by atoms with Gasteiger partial charge in [0.15, 0.2) is 0 Å². The maximum absolute atomic E-state index is 12.5. The van der Waals surface area contributed by atoms with E-state index >= 15 is 0 Å². The van der Waals surface area contributed by atoms with Crippen LogP contribution in [0.1, 0.15) is 0 Å². The van der Waals surface area contributed by atoms with Gasteiger partial charge in [-0.2, -0.15) is 0 Å². The van der Waals surface area contributed by atoms with Gasteiger partial charge in [0.05, 0.1) is 28.4 Å². The first-order valence-corrected chi connectivity index (χ1v) is 9.20. The highest BCUT2D eigenvalue weighted by Crippen LogP contribution is 2.29. The summed E-state index contributed by atoms with van der Waals surface area (Å²) in [5.74, 6) is -0.865. The lowest BCUT2D eigenvalue weighted by Gasteiger charge is -2.36. The molecule has 1 N–H and O–H groups in total. The molecule has 0 bridgehead atoms. The summed E-state index contributed by atoms with van der Waals surface area (Å²) in [5, 5.41) is 13.4. The fraction of sp³-hybridized carbons (Fsp3) is 0.263. The van der Waals surface area contributed by atoms with Crippen molar-refractivity contribution < 1.29 is 19.2 Å². The zero-order valence-electron chi connectivity index (χ0n) is 15.6. The van der Waals surface area contributed by atoms with Gasteiger partial charge in [0.2, 0.25) is 0 Å². The number of carbonyl (C=O) groups is 2. The van der Waals surface area contributed by atoms with Crippen molar-refractivity contribution >= 4 is 40.5 Å². The van der Waals surface area contributed by atoms with Crippen LogP contribution in [0.4, 0.5) is 17.1 Å². The number of piperazine rings is 1. The summed E-state index contributed by atoms with van der Waals surface area (Å²) in [4.78, 5) is 38.6. The van der Waals surface area contributed by atoms with Crippen molar-refractivity contribution in [1.29, 1.82) is 0 Å². The monoisotopic (exact) mass is 418 g/mol. The van der Waals surface area contributed by atoms with Gasteiger partial charge in [-0.05, 0) is 18.2 Å². The maximum Gasteiger partial charge on any atom is 0.313 e. The number of para-hydroxylation sites is 2. The Labute approximate surface area is 171 Å². The molecular formula is C19H19ClN4O5. The van der Waals surface area contributed by atoms with E-state index in [2.05, 4.69) is 10.2 Å². The number of carbonyl (C=O) groups excluding carboxylic acids is 2. The Kier molecular flexibility index (Phi) is 6.18. The van der Waals surface area contributed by atoms with Crippen LogP contribution < -0.4 is 15.0 Å². The van der Waals surface area contributed by atoms with Crippen LogP contribution in [-0.2, 0) is 9.59 Å². The van der Waals surface area contributed by atoms with Crippen molar-refractivity contribution in [3.63, 3.8) is 0 Å². The number of nitrogens with zero attached hydrogens (tertiary/aromatic N) is 3. The van der Waals surface area contributed by atoms with Crippen LogP contribution in [-0.4, -0.2) is 54.9 Å². The van der Waals surface area contributed by atoms with Crippen molar-refractivity contribution in [3.8, 4) is 5.75 Å². The molecule has 2 amide bonds. The van der Waals surface area contributed by atoms with E-state index in [4.69, 9.17) is 16.3 Å². The number of anilines is 2. The van der Waals surface area contributed by atoms with Crippen LogP contribution in [0.3, 0.4) is 0 Å². The molecule has 0 aliphatic carbocycles. The zero-order chi connectivity index (χ0) is 21.0. The van der Waals surface area contributed by atoms with Gasteiger partial charge in [0.1, 0.15) is 5.75 Å². The molecule has 0 atom stereocenters. The smallest absolute Gasteiger partial charge is 0.313 e. The maximum atomic E-state index is 12.5. The van der Waals surface area contributed by atoms with Crippen LogP contribution in [0.25, 0.3) is 0 Å². The first-order valence-electron chi connectivity index (χ1n) is 8.83. The molecule has 2 aromatic rings. The minimum atomic E-state index is -0.891. The van der Waals surface area contributed by atoms with Crippen molar-refractivity contribution in [2.75, 3.05) is 43.5 Å². The van der Waals surface area contributed by atoms with E-state index in [1.165, 1.54) is 17.0 Å². The van der Waals surface area contributed by atoms with Gasteiger partial charge in [-0.1, -0.05) is 23.7 Å². The van der Waals surface area contributed by atoms with Crippen LogP contribution >= 0.6 is 11.6 Å². The number of benzene rings is 2. The molecule has 0 aromatic heterocycles. The van der Waals surface area contributed by atoms with Gasteiger partial charge >= 0.3 is 11.8 Å². The largest absolute Gasteiger partial charge is 0.495 e. The first-order chi connectivity index (χ1) is 13.9. The highest BCUT2D eigenvalue weighted by atomic mass is 35.5. The van der Waals surface area contributed by atoms with Crippen LogP contribution in [0.5, 0.6) is 5.75 Å². The second-order valence-corrected chi connectivity index (χ2v) is 6.73. The summed E-state index contributed by atoms with van der Waals surface area (Å²) >= 11 is 5.97. The molecule has 10 heteroatoms. The average Bonchev–Trinajstić information content (AvgIpc) is 2.74. The lowest BCUT2D eigenvalue weighted by molar-refractivity contribution is -0.384. The lowest BCUT2D eigenvalue weighted by atomic mass is 10.2. The molecule has 2 aromatic carbocycles. The number of hydrogen-bond donors (Lipinski definition) is 1. The summed E-state index contributed by atoms with van der Waals surface area (Å²) in [6.45, 7) is 1.79. The standard InChI is InChI=1S/C19H19ClN4O5/c1-29-17-5-3-2-4-16(17)22-8-10-23(11-9-22)19(26)18(25)21-15-12-13(24(27)28)6-7-14(15)20/h2-7,12H,8-11H2,1H3,(H,21,25). The predicted molar refractivity (Wildman–Crippen MR) is 109 cm³/mol. The van der Waals surface area contributed by atoms with Crippen LogP contribution in [0.15, 0.2) is 42.5 Å². The molecule has 3 rings (SSSR count). The second kappa shape index (κ2) is 8.78. The number of nitrogens with one attached hydrogen (secondary N) is 1. The topological polar surface area (TPSA) is 105 Å². The Bertz CT molecular complexity index is 944. The number of hydrogen-bond acceptors (Lipinski definition) is 6. The molecule has 0 radical (unpaired) electrons. The van der Waals surface area contributed by atoms with Crippen LogP contribution in [0, 0.1) is 10.1 Å². The molecular weight excluding hydrogens is 400 g/mol. The Morgan fingerprint density at radius 3 is 2.48 bits per heavy atom. The molecule has 9 nitrogen and oxygen atoms in total. The first kappa shape index (κ1) is 20.4. The molecule has 1 aliphatic heterocycles. The van der Waals surface area contributed by atoms with Gasteiger partial charge in [0.25, 0.3) is 5.69 Å². The van der Waals surface area contributed by atoms with Crippen molar-refractivity contribution in [2.24, 2.45) is 0 Å². The van der Waals surface area contributed by atoms with Gasteiger partial charge in [0, 0.05) is 38.3 Å². The molecule has 0 unspecified atom stereocenters. The highest BCUT2D eigenvalue weighted by Gasteiger charge is 2.27.